The predicted octanol–water partition coefficient (Wildman–Crippen LogP) is 4.28. The normalized spacial score (nSPS) is 13.7. The number of ether oxygens (including phenoxy) is 2. The van der Waals surface area contributed by atoms with Crippen molar-refractivity contribution in [3.63, 3.8) is 0 Å². The fourth-order valence-electron chi connectivity index (χ4n) is 4.14. The summed E-state index contributed by atoms with van der Waals surface area (Å²) in [4.78, 5) is 16.7. The number of methoxy groups -OCH3 is 2. The van der Waals surface area contributed by atoms with E-state index in [0.29, 0.717) is 16.9 Å². The average molecular weight is 463 g/mol. The van der Waals surface area contributed by atoms with Crippen LogP contribution in [0, 0.1) is 11.6 Å². The van der Waals surface area contributed by atoms with E-state index in [1.54, 1.807) is 24.8 Å². The Bertz CT molecular complexity index is 1370. The number of hydrogen-bond acceptors (Lipinski definition) is 6. The van der Waals surface area contributed by atoms with Crippen molar-refractivity contribution in [2.75, 3.05) is 27.3 Å². The van der Waals surface area contributed by atoms with Crippen LogP contribution in [0.5, 0.6) is 11.5 Å². The summed E-state index contributed by atoms with van der Waals surface area (Å²) < 4.78 is 40.0. The van der Waals surface area contributed by atoms with E-state index < -0.39 is 11.6 Å². The molecule has 0 saturated heterocycles. The highest BCUT2D eigenvalue weighted by atomic mass is 19.1. The second-order valence-electron chi connectivity index (χ2n) is 7.97. The Hall–Kier alpha value is -3.85. The van der Waals surface area contributed by atoms with E-state index >= 15 is 0 Å². The summed E-state index contributed by atoms with van der Waals surface area (Å²) in [7, 11) is 2.66. The van der Waals surface area contributed by atoms with Gasteiger partial charge in [-0.25, -0.2) is 18.7 Å². The molecule has 5 rings (SSSR count). The van der Waals surface area contributed by atoms with Crippen LogP contribution in [0.25, 0.3) is 27.9 Å². The lowest BCUT2D eigenvalue weighted by Crippen LogP contribution is -2.20. The smallest absolute Gasteiger partial charge is 0.171 e. The molecule has 0 spiro atoms. The Morgan fingerprint density at radius 2 is 1.76 bits per heavy atom. The molecule has 174 valence electrons. The minimum Gasteiger partial charge on any atom is -0.494 e. The van der Waals surface area contributed by atoms with Gasteiger partial charge in [0, 0.05) is 47.9 Å². The number of pyridine rings is 1. The van der Waals surface area contributed by atoms with Crippen molar-refractivity contribution in [1.29, 1.82) is 0 Å². The molecule has 1 aromatic carbocycles. The number of benzene rings is 1. The molecular formula is C25H23F2N5O2. The monoisotopic (exact) mass is 463 g/mol. The van der Waals surface area contributed by atoms with Crippen LogP contribution in [-0.2, 0) is 6.42 Å². The van der Waals surface area contributed by atoms with Crippen molar-refractivity contribution in [2.24, 2.45) is 0 Å². The molecule has 4 aromatic rings. The molecule has 0 unspecified atom stereocenters. The van der Waals surface area contributed by atoms with Gasteiger partial charge in [-0.1, -0.05) is 6.08 Å². The molecule has 0 amide bonds. The van der Waals surface area contributed by atoms with Crippen molar-refractivity contribution < 1.29 is 18.3 Å². The van der Waals surface area contributed by atoms with Crippen LogP contribution >= 0.6 is 0 Å². The molecule has 0 atom stereocenters. The topological polar surface area (TPSA) is 85.0 Å². The van der Waals surface area contributed by atoms with Gasteiger partial charge in [0.05, 0.1) is 38.0 Å². The molecule has 0 bridgehead atoms. The van der Waals surface area contributed by atoms with Crippen LogP contribution in [0.1, 0.15) is 23.2 Å². The molecule has 0 fully saturated rings. The zero-order valence-electron chi connectivity index (χ0n) is 18.8. The first-order valence-corrected chi connectivity index (χ1v) is 10.9. The zero-order chi connectivity index (χ0) is 23.7. The number of halogens is 2. The van der Waals surface area contributed by atoms with Gasteiger partial charge in [0.2, 0.25) is 0 Å². The van der Waals surface area contributed by atoms with Crippen LogP contribution in [-0.4, -0.2) is 47.2 Å². The summed E-state index contributed by atoms with van der Waals surface area (Å²) in [6, 6.07) is 3.11. The first-order valence-electron chi connectivity index (χ1n) is 10.9. The van der Waals surface area contributed by atoms with Crippen molar-refractivity contribution >= 4 is 16.6 Å². The zero-order valence-corrected chi connectivity index (χ0v) is 18.8. The van der Waals surface area contributed by atoms with Gasteiger partial charge >= 0.3 is 0 Å². The lowest BCUT2D eigenvalue weighted by Gasteiger charge is -2.14. The third kappa shape index (κ3) is 3.99. The number of hydrogen-bond donors (Lipinski definition) is 2. The highest BCUT2D eigenvalue weighted by molar-refractivity contribution is 5.84. The molecule has 34 heavy (non-hydrogen) atoms. The second-order valence-corrected chi connectivity index (χ2v) is 7.97. The third-order valence-electron chi connectivity index (χ3n) is 5.97. The molecule has 0 radical (unpaired) electrons. The minimum atomic E-state index is -0.756. The number of fused-ring (bicyclic) bond motifs is 1. The van der Waals surface area contributed by atoms with E-state index in [0.717, 1.165) is 41.7 Å². The summed E-state index contributed by atoms with van der Waals surface area (Å²) in [5, 5.41) is 4.03. The van der Waals surface area contributed by atoms with E-state index in [1.807, 2.05) is 6.07 Å². The first-order chi connectivity index (χ1) is 16.6. The lowest BCUT2D eigenvalue weighted by molar-refractivity contribution is 0.354. The van der Waals surface area contributed by atoms with E-state index in [4.69, 9.17) is 14.5 Å². The summed E-state index contributed by atoms with van der Waals surface area (Å²) in [6.45, 7) is 1.71. The number of aromatic nitrogens is 4. The Kier molecular flexibility index (Phi) is 5.93. The van der Waals surface area contributed by atoms with E-state index in [-0.39, 0.29) is 23.5 Å². The first kappa shape index (κ1) is 22.0. The number of nitrogens with one attached hydrogen (secondary N) is 2. The van der Waals surface area contributed by atoms with Gasteiger partial charge in [0.1, 0.15) is 5.65 Å². The SMILES string of the molecule is COc1cc(OC)c(F)c(Cc2c[nH]c3ncc(-c4cncc(C5=CCNCC5)n4)cc23)c1F. The highest BCUT2D eigenvalue weighted by Gasteiger charge is 2.21. The van der Waals surface area contributed by atoms with E-state index in [2.05, 4.69) is 26.3 Å². The van der Waals surface area contributed by atoms with Gasteiger partial charge in [-0.05, 0) is 30.2 Å². The summed E-state index contributed by atoms with van der Waals surface area (Å²) in [6.07, 6.45) is 9.86. The Morgan fingerprint density at radius 3 is 2.47 bits per heavy atom. The van der Waals surface area contributed by atoms with E-state index in [9.17, 15) is 8.78 Å². The molecule has 1 aliphatic rings. The maximum absolute atomic E-state index is 14.9. The lowest BCUT2D eigenvalue weighted by atomic mass is 10.0. The fourth-order valence-corrected chi connectivity index (χ4v) is 4.14. The molecular weight excluding hydrogens is 440 g/mol. The average Bonchev–Trinajstić information content (AvgIpc) is 3.29. The highest BCUT2D eigenvalue weighted by Crippen LogP contribution is 2.34. The van der Waals surface area contributed by atoms with Gasteiger partial charge in [-0.2, -0.15) is 0 Å². The fraction of sp³-hybridized carbons (Fsp3) is 0.240. The van der Waals surface area contributed by atoms with Crippen molar-refractivity contribution in [3.8, 4) is 22.8 Å². The van der Waals surface area contributed by atoms with Crippen LogP contribution in [0.4, 0.5) is 8.78 Å². The van der Waals surface area contributed by atoms with Gasteiger partial charge in [-0.3, -0.25) is 4.98 Å². The second kappa shape index (κ2) is 9.18. The molecule has 2 N–H and O–H groups in total. The molecule has 0 saturated carbocycles. The van der Waals surface area contributed by atoms with Crippen LogP contribution in [0.2, 0.25) is 0 Å². The van der Waals surface area contributed by atoms with Crippen LogP contribution in [0.3, 0.4) is 0 Å². The summed E-state index contributed by atoms with van der Waals surface area (Å²) >= 11 is 0. The van der Waals surface area contributed by atoms with Gasteiger partial charge < -0.3 is 19.8 Å². The van der Waals surface area contributed by atoms with Crippen LogP contribution in [0.15, 0.2) is 43.0 Å². The van der Waals surface area contributed by atoms with Gasteiger partial charge in [0.15, 0.2) is 23.1 Å². The van der Waals surface area contributed by atoms with E-state index in [1.165, 1.54) is 20.3 Å². The molecule has 4 heterocycles. The van der Waals surface area contributed by atoms with Crippen molar-refractivity contribution in [3.05, 3.63) is 71.5 Å². The number of aromatic amines is 1. The quantitative estimate of drug-likeness (QED) is 0.444. The molecule has 7 nitrogen and oxygen atoms in total. The predicted molar refractivity (Wildman–Crippen MR) is 125 cm³/mol. The van der Waals surface area contributed by atoms with Gasteiger partial charge in [-0.15, -0.1) is 0 Å². The maximum Gasteiger partial charge on any atom is 0.171 e. The third-order valence-corrected chi connectivity index (χ3v) is 5.97. The Labute approximate surface area is 194 Å². The van der Waals surface area contributed by atoms with Gasteiger partial charge in [0.25, 0.3) is 0 Å². The number of H-pyrrole nitrogens is 1. The molecule has 9 heteroatoms. The molecule has 3 aromatic heterocycles. The number of rotatable bonds is 6. The summed E-state index contributed by atoms with van der Waals surface area (Å²) in [5.41, 5.74) is 4.59. The maximum atomic E-state index is 14.9. The van der Waals surface area contributed by atoms with Crippen molar-refractivity contribution in [1.82, 2.24) is 25.3 Å². The number of nitrogens with zero attached hydrogens (tertiary/aromatic N) is 3. The van der Waals surface area contributed by atoms with Crippen LogP contribution < -0.4 is 14.8 Å². The molecule has 1 aliphatic heterocycles. The summed E-state index contributed by atoms with van der Waals surface area (Å²) in [5.74, 6) is -1.67. The Morgan fingerprint density at radius 1 is 1.00 bits per heavy atom. The minimum absolute atomic E-state index is 0.0119. The molecule has 0 aliphatic carbocycles. The van der Waals surface area contributed by atoms with Crippen molar-refractivity contribution in [2.45, 2.75) is 12.8 Å². The standard InChI is InChI=1S/C25H23F2N5O2/c1-33-21-9-22(34-2)24(27)18(23(21)26)7-15-10-30-25-17(15)8-16(11-31-25)20-13-29-12-19(32-20)14-3-5-28-6-4-14/h3,8-13,28H,4-7H2,1-2H3,(H,30,31). The Balaban J connectivity index is 1.54. The largest absolute Gasteiger partial charge is 0.494 e.